The van der Waals surface area contributed by atoms with Gasteiger partial charge in [0.15, 0.2) is 0 Å². The zero-order valence-electron chi connectivity index (χ0n) is 11.9. The van der Waals surface area contributed by atoms with Crippen molar-refractivity contribution in [1.29, 1.82) is 0 Å². The third-order valence-corrected chi connectivity index (χ3v) is 4.17. The Morgan fingerprint density at radius 2 is 2.09 bits per heavy atom. The van der Waals surface area contributed by atoms with Gasteiger partial charge >= 0.3 is 0 Å². The number of benzene rings is 1. The largest absolute Gasteiger partial charge is 0.348 e. The number of aromatic amines is 1. The predicted molar refractivity (Wildman–Crippen MR) is 89.9 cm³/mol. The summed E-state index contributed by atoms with van der Waals surface area (Å²) in [6.07, 6.45) is 2.43. The molecule has 3 rings (SSSR count). The lowest BCUT2D eigenvalue weighted by Crippen LogP contribution is -2.43. The molecule has 1 aromatic carbocycles. The van der Waals surface area contributed by atoms with Crippen LogP contribution in [0.3, 0.4) is 0 Å². The van der Waals surface area contributed by atoms with E-state index in [9.17, 15) is 4.79 Å². The van der Waals surface area contributed by atoms with Crippen LogP contribution in [0.1, 0.15) is 29.9 Å². The lowest BCUT2D eigenvalue weighted by molar-refractivity contribution is -0.132. The van der Waals surface area contributed by atoms with E-state index in [2.05, 4.69) is 9.97 Å². The minimum Gasteiger partial charge on any atom is -0.348 e. The van der Waals surface area contributed by atoms with Gasteiger partial charge < -0.3 is 9.88 Å². The highest BCUT2D eigenvalue weighted by Gasteiger charge is 2.35. The summed E-state index contributed by atoms with van der Waals surface area (Å²) in [7, 11) is 0. The molecule has 1 N–H and O–H groups in total. The molecule has 2 heterocycles. The van der Waals surface area contributed by atoms with Crippen molar-refractivity contribution in [2.75, 3.05) is 6.54 Å². The van der Waals surface area contributed by atoms with E-state index in [1.54, 1.807) is 18.2 Å². The highest BCUT2D eigenvalue weighted by Crippen LogP contribution is 2.34. The number of hydrogen-bond donors (Lipinski definition) is 1. The number of aromatic nitrogens is 2. The van der Waals surface area contributed by atoms with Crippen LogP contribution in [0.25, 0.3) is 0 Å². The van der Waals surface area contributed by atoms with Crippen LogP contribution in [-0.4, -0.2) is 32.7 Å². The van der Waals surface area contributed by atoms with Crippen molar-refractivity contribution in [2.24, 2.45) is 0 Å². The summed E-state index contributed by atoms with van der Waals surface area (Å²) < 4.78 is 0. The molecule has 2 aromatic rings. The van der Waals surface area contributed by atoms with Crippen LogP contribution in [0, 0.1) is 0 Å². The number of H-pyrrole nitrogens is 1. The second-order valence-electron chi connectivity index (χ2n) is 5.12. The maximum Gasteiger partial charge on any atom is 0.241 e. The monoisotopic (exact) mass is 359 g/mol. The van der Waals surface area contributed by atoms with E-state index in [0.29, 0.717) is 11.6 Å². The van der Waals surface area contributed by atoms with E-state index in [0.717, 1.165) is 23.4 Å². The van der Waals surface area contributed by atoms with Crippen molar-refractivity contribution in [3.8, 4) is 0 Å². The SMILES string of the molecule is CC(Cl)C(=O)N1CCc2[nH]cnc2C1c1ccc(Cl)cc1.Cl. The molecular weight excluding hydrogens is 345 g/mol. The molecule has 4 nitrogen and oxygen atoms in total. The summed E-state index contributed by atoms with van der Waals surface area (Å²) in [5, 5.41) is 0.112. The van der Waals surface area contributed by atoms with Gasteiger partial charge in [0.05, 0.1) is 12.0 Å². The molecule has 2 unspecified atom stereocenters. The van der Waals surface area contributed by atoms with E-state index in [-0.39, 0.29) is 24.4 Å². The minimum atomic E-state index is -0.555. The summed E-state index contributed by atoms with van der Waals surface area (Å²) in [6, 6.07) is 7.28. The fraction of sp³-hybridized carbons (Fsp3) is 0.333. The third-order valence-electron chi connectivity index (χ3n) is 3.73. The van der Waals surface area contributed by atoms with Gasteiger partial charge in [0.25, 0.3) is 0 Å². The molecule has 22 heavy (non-hydrogen) atoms. The molecule has 0 bridgehead atoms. The van der Waals surface area contributed by atoms with E-state index in [4.69, 9.17) is 23.2 Å². The summed E-state index contributed by atoms with van der Waals surface area (Å²) in [4.78, 5) is 21.8. The third kappa shape index (κ3) is 3.09. The highest BCUT2D eigenvalue weighted by atomic mass is 35.5. The summed E-state index contributed by atoms with van der Waals surface area (Å²) in [5.41, 5.74) is 2.94. The number of nitrogens with zero attached hydrogens (tertiary/aromatic N) is 2. The first-order valence-electron chi connectivity index (χ1n) is 6.80. The predicted octanol–water partition coefficient (Wildman–Crippen LogP) is 3.59. The lowest BCUT2D eigenvalue weighted by atomic mass is 9.95. The molecule has 0 saturated heterocycles. The van der Waals surface area contributed by atoms with E-state index < -0.39 is 5.38 Å². The molecule has 0 radical (unpaired) electrons. The molecule has 1 amide bonds. The lowest BCUT2D eigenvalue weighted by Gasteiger charge is -2.36. The van der Waals surface area contributed by atoms with Crippen LogP contribution in [0.4, 0.5) is 0 Å². The van der Waals surface area contributed by atoms with Crippen LogP contribution in [0.5, 0.6) is 0 Å². The van der Waals surface area contributed by atoms with Crippen LogP contribution in [0.15, 0.2) is 30.6 Å². The molecule has 2 atom stereocenters. The second kappa shape index (κ2) is 6.90. The van der Waals surface area contributed by atoms with Gasteiger partial charge in [-0.3, -0.25) is 4.79 Å². The maximum absolute atomic E-state index is 12.4. The van der Waals surface area contributed by atoms with Gasteiger partial charge in [0.1, 0.15) is 11.4 Å². The van der Waals surface area contributed by atoms with E-state index >= 15 is 0 Å². The van der Waals surface area contributed by atoms with Gasteiger partial charge in [-0.2, -0.15) is 0 Å². The number of imidazole rings is 1. The van der Waals surface area contributed by atoms with Gasteiger partial charge in [0.2, 0.25) is 5.91 Å². The van der Waals surface area contributed by atoms with Crippen molar-refractivity contribution >= 4 is 41.5 Å². The number of nitrogens with one attached hydrogen (secondary N) is 1. The molecule has 0 saturated carbocycles. The molecule has 0 fully saturated rings. The minimum absolute atomic E-state index is 0. The molecule has 118 valence electrons. The fourth-order valence-corrected chi connectivity index (χ4v) is 2.98. The first-order chi connectivity index (χ1) is 10.1. The Labute approximate surface area is 145 Å². The molecule has 7 heteroatoms. The Bertz CT molecular complexity index is 654. The molecule has 0 spiro atoms. The Balaban J connectivity index is 0.00000176. The number of rotatable bonds is 2. The van der Waals surface area contributed by atoms with Gasteiger partial charge in [-0.15, -0.1) is 24.0 Å². The van der Waals surface area contributed by atoms with Crippen molar-refractivity contribution in [3.63, 3.8) is 0 Å². The molecule has 0 aliphatic carbocycles. The van der Waals surface area contributed by atoms with Crippen molar-refractivity contribution in [3.05, 3.63) is 52.6 Å². The Morgan fingerprint density at radius 1 is 1.41 bits per heavy atom. The Kier molecular flexibility index (Phi) is 5.37. The van der Waals surface area contributed by atoms with E-state index in [1.807, 2.05) is 24.3 Å². The number of hydrogen-bond acceptors (Lipinski definition) is 2. The number of fused-ring (bicyclic) bond motifs is 1. The van der Waals surface area contributed by atoms with Crippen LogP contribution >= 0.6 is 35.6 Å². The number of alkyl halides is 1. The molecular formula is C15H16Cl3N3O. The Morgan fingerprint density at radius 3 is 2.73 bits per heavy atom. The smallest absolute Gasteiger partial charge is 0.241 e. The van der Waals surface area contributed by atoms with Crippen molar-refractivity contribution in [1.82, 2.24) is 14.9 Å². The first kappa shape index (κ1) is 17.1. The van der Waals surface area contributed by atoms with Gasteiger partial charge in [-0.25, -0.2) is 4.98 Å². The number of amides is 1. The standard InChI is InChI=1S/C15H15Cl2N3O.ClH/c1-9(16)15(21)20-7-6-12-13(19-8-18-12)14(20)10-2-4-11(17)5-3-10;/h2-5,8-9,14H,6-7H2,1H3,(H,18,19);1H. The molecule has 1 aliphatic rings. The number of carbonyl (C=O) groups excluding carboxylic acids is 1. The second-order valence-corrected chi connectivity index (χ2v) is 6.21. The van der Waals surface area contributed by atoms with Crippen molar-refractivity contribution < 1.29 is 4.79 Å². The van der Waals surface area contributed by atoms with Crippen molar-refractivity contribution in [2.45, 2.75) is 24.8 Å². The van der Waals surface area contributed by atoms with Gasteiger partial charge in [-0.05, 0) is 24.6 Å². The quantitative estimate of drug-likeness (QED) is 0.832. The van der Waals surface area contributed by atoms with Crippen LogP contribution < -0.4 is 0 Å². The molecule has 1 aliphatic heterocycles. The number of halogens is 3. The zero-order valence-corrected chi connectivity index (χ0v) is 14.3. The average Bonchev–Trinajstić information content (AvgIpc) is 2.94. The number of carbonyl (C=O) groups is 1. The maximum atomic E-state index is 12.4. The zero-order chi connectivity index (χ0) is 15.0. The summed E-state index contributed by atoms with van der Waals surface area (Å²) >= 11 is 12.0. The fourth-order valence-electron chi connectivity index (χ4n) is 2.73. The van der Waals surface area contributed by atoms with Gasteiger partial charge in [-0.1, -0.05) is 23.7 Å². The Hall–Kier alpha value is -1.23. The summed E-state index contributed by atoms with van der Waals surface area (Å²) in [6.45, 7) is 2.32. The van der Waals surface area contributed by atoms with Crippen LogP contribution in [-0.2, 0) is 11.2 Å². The average molecular weight is 361 g/mol. The topological polar surface area (TPSA) is 49.0 Å². The normalized spacial score (nSPS) is 18.3. The molecule has 1 aromatic heterocycles. The summed E-state index contributed by atoms with van der Waals surface area (Å²) in [5.74, 6) is -0.0785. The van der Waals surface area contributed by atoms with Gasteiger partial charge in [0, 0.05) is 23.7 Å². The van der Waals surface area contributed by atoms with E-state index in [1.165, 1.54) is 0 Å². The first-order valence-corrected chi connectivity index (χ1v) is 7.61. The highest BCUT2D eigenvalue weighted by molar-refractivity contribution is 6.30. The van der Waals surface area contributed by atoms with Crippen LogP contribution in [0.2, 0.25) is 5.02 Å².